The lowest BCUT2D eigenvalue weighted by atomic mass is 10.0. The van der Waals surface area contributed by atoms with E-state index in [2.05, 4.69) is 6.07 Å². The average Bonchev–Trinajstić information content (AvgIpc) is 3.10. The Hall–Kier alpha value is -3.96. The maximum absolute atomic E-state index is 13.2. The van der Waals surface area contributed by atoms with Crippen LogP contribution in [0.2, 0.25) is 0 Å². The van der Waals surface area contributed by atoms with Crippen molar-refractivity contribution in [3.63, 3.8) is 0 Å². The lowest BCUT2D eigenvalue weighted by Gasteiger charge is -2.08. The van der Waals surface area contributed by atoms with Crippen LogP contribution >= 0.6 is 0 Å². The molecule has 4 aromatic rings. The number of benzene rings is 2. The van der Waals surface area contributed by atoms with Gasteiger partial charge in [0.05, 0.1) is 28.4 Å². The molecule has 8 heteroatoms. The fraction of sp³-hybridized carbons (Fsp3) is 0.185. The van der Waals surface area contributed by atoms with Gasteiger partial charge in [0.25, 0.3) is 0 Å². The van der Waals surface area contributed by atoms with Gasteiger partial charge < -0.3 is 9.14 Å². The van der Waals surface area contributed by atoms with Crippen molar-refractivity contribution in [2.45, 2.75) is 36.5 Å². The summed E-state index contributed by atoms with van der Waals surface area (Å²) >= 11 is 0. The van der Waals surface area contributed by atoms with E-state index in [0.717, 1.165) is 40.0 Å². The van der Waals surface area contributed by atoms with Gasteiger partial charge in [-0.2, -0.15) is 5.26 Å². The van der Waals surface area contributed by atoms with Gasteiger partial charge in [-0.05, 0) is 79.1 Å². The van der Waals surface area contributed by atoms with E-state index in [1.54, 1.807) is 31.3 Å². The van der Waals surface area contributed by atoms with Gasteiger partial charge in [0.15, 0.2) is 0 Å². The van der Waals surface area contributed by atoms with E-state index < -0.39 is 15.7 Å². The first-order valence-corrected chi connectivity index (χ1v) is 12.5. The lowest BCUT2D eigenvalue weighted by Crippen LogP contribution is -2.08. The molecule has 0 fully saturated rings. The quantitative estimate of drug-likeness (QED) is 0.275. The Kier molecular flexibility index (Phi) is 6.72. The molecule has 0 unspecified atom stereocenters. The molecule has 0 aliphatic rings. The Labute approximate surface area is 203 Å². The van der Waals surface area contributed by atoms with Crippen LogP contribution in [-0.4, -0.2) is 25.4 Å². The molecule has 0 amide bonds. The number of halogens is 1. The fourth-order valence-electron chi connectivity index (χ4n) is 4.11. The van der Waals surface area contributed by atoms with Crippen molar-refractivity contribution >= 4 is 21.3 Å². The third-order valence-corrected chi connectivity index (χ3v) is 7.70. The molecule has 0 radical (unpaired) electrons. The molecule has 0 saturated heterocycles. The topological polar surface area (TPSA) is 88.6 Å². The number of nitrogens with zero attached hydrogens (tertiary/aromatic N) is 2. The molecular formula is C27H23FN2O4S. The van der Waals surface area contributed by atoms with Crippen molar-refractivity contribution in [2.75, 3.05) is 6.61 Å². The molecule has 2 aromatic heterocycles. The standard InChI is InChI=1S/C27H23FN2O4S/c1-3-34-27(31)15-24-18(2)26(30-17-20(16-29)6-13-25(24)30)14-19-4-9-22(10-5-19)35(32,33)23-11-7-21(28)8-12-23/h4-13,17H,3,14-15H2,1-2H3. The van der Waals surface area contributed by atoms with E-state index in [1.807, 2.05) is 17.4 Å². The van der Waals surface area contributed by atoms with E-state index in [9.17, 15) is 22.9 Å². The first kappa shape index (κ1) is 24.2. The minimum atomic E-state index is -3.77. The first-order chi connectivity index (χ1) is 16.7. The van der Waals surface area contributed by atoms with Gasteiger partial charge in [0.1, 0.15) is 11.9 Å². The summed E-state index contributed by atoms with van der Waals surface area (Å²) in [5.41, 5.74) is 4.80. The number of sulfone groups is 1. The van der Waals surface area contributed by atoms with Crippen molar-refractivity contribution in [2.24, 2.45) is 0 Å². The molecule has 0 atom stereocenters. The Morgan fingerprint density at radius 3 is 2.26 bits per heavy atom. The molecule has 0 N–H and O–H groups in total. The maximum atomic E-state index is 13.2. The molecular weight excluding hydrogens is 467 g/mol. The Morgan fingerprint density at radius 2 is 1.66 bits per heavy atom. The van der Waals surface area contributed by atoms with Crippen molar-refractivity contribution in [1.29, 1.82) is 5.26 Å². The minimum Gasteiger partial charge on any atom is -0.466 e. The molecule has 2 aromatic carbocycles. The Balaban J connectivity index is 1.70. The molecule has 0 aliphatic carbocycles. The van der Waals surface area contributed by atoms with Gasteiger partial charge in [-0.15, -0.1) is 0 Å². The third-order valence-electron chi connectivity index (χ3n) is 5.92. The number of carbonyl (C=O) groups is 1. The predicted molar refractivity (Wildman–Crippen MR) is 128 cm³/mol. The normalized spacial score (nSPS) is 11.4. The van der Waals surface area contributed by atoms with Gasteiger partial charge in [-0.3, -0.25) is 4.79 Å². The van der Waals surface area contributed by atoms with Crippen molar-refractivity contribution in [1.82, 2.24) is 4.40 Å². The zero-order valence-corrected chi connectivity index (χ0v) is 20.1. The number of fused-ring (bicyclic) bond motifs is 1. The SMILES string of the molecule is CCOC(=O)Cc1c(C)c(Cc2ccc(S(=O)(=O)c3ccc(F)cc3)cc2)n2cc(C#N)ccc12. The van der Waals surface area contributed by atoms with Crippen LogP contribution in [0.4, 0.5) is 4.39 Å². The van der Waals surface area contributed by atoms with Gasteiger partial charge in [0, 0.05) is 23.8 Å². The molecule has 0 saturated carbocycles. The van der Waals surface area contributed by atoms with Crippen LogP contribution in [0.15, 0.2) is 76.7 Å². The summed E-state index contributed by atoms with van der Waals surface area (Å²) in [6, 6.07) is 16.9. The highest BCUT2D eigenvalue weighted by molar-refractivity contribution is 7.91. The highest BCUT2D eigenvalue weighted by atomic mass is 32.2. The van der Waals surface area contributed by atoms with Gasteiger partial charge >= 0.3 is 5.97 Å². The van der Waals surface area contributed by atoms with Crippen LogP contribution in [0.3, 0.4) is 0 Å². The summed E-state index contributed by atoms with van der Waals surface area (Å²) in [5, 5.41) is 9.37. The number of esters is 1. The molecule has 6 nitrogen and oxygen atoms in total. The van der Waals surface area contributed by atoms with Gasteiger partial charge in [-0.1, -0.05) is 12.1 Å². The molecule has 2 heterocycles. The van der Waals surface area contributed by atoms with Crippen molar-refractivity contribution in [3.05, 3.63) is 101 Å². The number of rotatable bonds is 7. The number of nitriles is 1. The molecule has 0 bridgehead atoms. The van der Waals surface area contributed by atoms with Gasteiger partial charge in [-0.25, -0.2) is 12.8 Å². The minimum absolute atomic E-state index is 0.0210. The van der Waals surface area contributed by atoms with E-state index in [4.69, 9.17) is 4.74 Å². The second kappa shape index (κ2) is 9.72. The summed E-state index contributed by atoms with van der Waals surface area (Å²) in [5.74, 6) is -0.828. The highest BCUT2D eigenvalue weighted by Crippen LogP contribution is 2.28. The molecule has 0 spiro atoms. The van der Waals surface area contributed by atoms with E-state index >= 15 is 0 Å². The largest absolute Gasteiger partial charge is 0.466 e. The fourth-order valence-corrected chi connectivity index (χ4v) is 5.37. The monoisotopic (exact) mass is 490 g/mol. The van der Waals surface area contributed by atoms with Crippen LogP contribution in [0.5, 0.6) is 0 Å². The molecule has 178 valence electrons. The van der Waals surface area contributed by atoms with Crippen LogP contribution in [0.1, 0.15) is 34.9 Å². The molecule has 35 heavy (non-hydrogen) atoms. The number of aromatic nitrogens is 1. The van der Waals surface area contributed by atoms with Gasteiger partial charge in [0.2, 0.25) is 9.84 Å². The number of hydrogen-bond acceptors (Lipinski definition) is 5. The summed E-state index contributed by atoms with van der Waals surface area (Å²) in [6.07, 6.45) is 2.31. The molecule has 4 rings (SSSR count). The Bertz CT molecular complexity index is 1550. The van der Waals surface area contributed by atoms with E-state index in [1.165, 1.54) is 24.3 Å². The van der Waals surface area contributed by atoms with Crippen molar-refractivity contribution in [3.8, 4) is 6.07 Å². The average molecular weight is 491 g/mol. The second-order valence-electron chi connectivity index (χ2n) is 8.09. The summed E-state index contributed by atoms with van der Waals surface area (Å²) in [4.78, 5) is 12.3. The zero-order valence-electron chi connectivity index (χ0n) is 19.3. The summed E-state index contributed by atoms with van der Waals surface area (Å²) in [6.45, 7) is 3.98. The number of hydrogen-bond donors (Lipinski definition) is 0. The predicted octanol–water partition coefficient (Wildman–Crippen LogP) is 4.79. The van der Waals surface area contributed by atoms with E-state index in [0.29, 0.717) is 18.6 Å². The lowest BCUT2D eigenvalue weighted by molar-refractivity contribution is -0.142. The smallest absolute Gasteiger partial charge is 0.310 e. The maximum Gasteiger partial charge on any atom is 0.310 e. The van der Waals surface area contributed by atoms with E-state index in [-0.39, 0.29) is 22.2 Å². The number of carbonyl (C=O) groups excluding carboxylic acids is 1. The first-order valence-electron chi connectivity index (χ1n) is 11.0. The summed E-state index contributed by atoms with van der Waals surface area (Å²) < 4.78 is 46.0. The van der Waals surface area contributed by atoms with Crippen LogP contribution in [0.25, 0.3) is 5.52 Å². The number of pyridine rings is 1. The van der Waals surface area contributed by atoms with Crippen LogP contribution in [0, 0.1) is 24.1 Å². The van der Waals surface area contributed by atoms with Crippen LogP contribution in [-0.2, 0) is 32.2 Å². The zero-order chi connectivity index (χ0) is 25.2. The van der Waals surface area contributed by atoms with Crippen LogP contribution < -0.4 is 0 Å². The number of ether oxygens (including phenoxy) is 1. The second-order valence-corrected chi connectivity index (χ2v) is 10.0. The summed E-state index contributed by atoms with van der Waals surface area (Å²) in [7, 11) is -3.77. The van der Waals surface area contributed by atoms with Crippen molar-refractivity contribution < 1.29 is 22.3 Å². The Morgan fingerprint density at radius 1 is 1.03 bits per heavy atom. The third kappa shape index (κ3) is 4.81. The molecule has 0 aliphatic heterocycles. The highest BCUT2D eigenvalue weighted by Gasteiger charge is 2.20.